The van der Waals surface area contributed by atoms with Gasteiger partial charge in [0, 0.05) is 5.56 Å². The highest BCUT2D eigenvalue weighted by atomic mass is 79.9. The number of ether oxygens (including phenoxy) is 2. The predicted molar refractivity (Wildman–Crippen MR) is 86.5 cm³/mol. The lowest BCUT2D eigenvalue weighted by atomic mass is 9.99. The molecule has 1 atom stereocenters. The van der Waals surface area contributed by atoms with Gasteiger partial charge in [0.2, 0.25) is 0 Å². The first kappa shape index (κ1) is 16.1. The van der Waals surface area contributed by atoms with E-state index in [1.165, 1.54) is 6.07 Å². The third kappa shape index (κ3) is 3.16. The van der Waals surface area contributed by atoms with Gasteiger partial charge < -0.3 is 9.47 Å². The van der Waals surface area contributed by atoms with Crippen LogP contribution in [0, 0.1) is 12.7 Å². The summed E-state index contributed by atoms with van der Waals surface area (Å²) in [4.78, 5) is -0.323. The van der Waals surface area contributed by atoms with Crippen LogP contribution in [0.2, 0.25) is 5.02 Å². The van der Waals surface area contributed by atoms with Crippen LogP contribution in [0.15, 0.2) is 30.3 Å². The molecule has 0 bridgehead atoms. The van der Waals surface area contributed by atoms with Gasteiger partial charge in [0.15, 0.2) is 11.5 Å². The van der Waals surface area contributed by atoms with E-state index in [1.54, 1.807) is 26.4 Å². The summed E-state index contributed by atoms with van der Waals surface area (Å²) in [7, 11) is 3.15. The molecule has 0 aliphatic rings. The Hall–Kier alpha value is -1.26. The van der Waals surface area contributed by atoms with E-state index >= 15 is 0 Å². The Bertz CT molecular complexity index is 661. The molecule has 0 aliphatic carbocycles. The molecule has 0 fully saturated rings. The van der Waals surface area contributed by atoms with Gasteiger partial charge >= 0.3 is 0 Å². The van der Waals surface area contributed by atoms with Crippen molar-refractivity contribution < 1.29 is 13.9 Å². The van der Waals surface area contributed by atoms with Crippen LogP contribution in [0.25, 0.3) is 0 Å². The molecule has 21 heavy (non-hydrogen) atoms. The molecule has 2 rings (SSSR count). The molecule has 5 heteroatoms. The molecule has 112 valence electrons. The number of methoxy groups -OCH3 is 2. The van der Waals surface area contributed by atoms with Crippen molar-refractivity contribution in [3.05, 3.63) is 57.9 Å². The molecule has 0 spiro atoms. The van der Waals surface area contributed by atoms with Crippen LogP contribution in [-0.4, -0.2) is 14.2 Å². The minimum absolute atomic E-state index is 0.107. The molecule has 2 aromatic carbocycles. The Kier molecular flexibility index (Phi) is 5.12. The summed E-state index contributed by atoms with van der Waals surface area (Å²) in [6.07, 6.45) is 0. The van der Waals surface area contributed by atoms with Crippen LogP contribution in [0.1, 0.15) is 21.5 Å². The Labute approximate surface area is 137 Å². The van der Waals surface area contributed by atoms with Crippen molar-refractivity contribution in [1.29, 1.82) is 0 Å². The van der Waals surface area contributed by atoms with Gasteiger partial charge in [-0.15, -0.1) is 0 Å². The quantitative estimate of drug-likeness (QED) is 0.678. The Balaban J connectivity index is 2.53. The molecule has 1 unspecified atom stereocenters. The van der Waals surface area contributed by atoms with Gasteiger partial charge in [-0.3, -0.25) is 0 Å². The molecule has 0 saturated heterocycles. The lowest BCUT2D eigenvalue weighted by Crippen LogP contribution is -2.01. The van der Waals surface area contributed by atoms with Gasteiger partial charge in [-0.1, -0.05) is 39.7 Å². The number of alkyl halides is 1. The van der Waals surface area contributed by atoms with Crippen molar-refractivity contribution in [3.8, 4) is 11.5 Å². The molecule has 0 aromatic heterocycles. The van der Waals surface area contributed by atoms with Crippen LogP contribution in [0.3, 0.4) is 0 Å². The SMILES string of the molecule is COc1cc(C)c(C(Br)c2cccc(Cl)c2F)cc1OC. The van der Waals surface area contributed by atoms with Crippen molar-refractivity contribution in [2.24, 2.45) is 0 Å². The first-order chi connectivity index (χ1) is 9.99. The Morgan fingerprint density at radius 3 is 2.33 bits per heavy atom. The highest BCUT2D eigenvalue weighted by Gasteiger charge is 2.20. The molecule has 0 amide bonds. The first-order valence-corrected chi connectivity index (χ1v) is 7.59. The van der Waals surface area contributed by atoms with E-state index in [-0.39, 0.29) is 9.85 Å². The standard InChI is InChI=1S/C16H15BrClFO2/c1-9-7-13(20-2)14(21-3)8-11(9)15(17)10-5-4-6-12(18)16(10)19/h4-8,15H,1-3H3. The van der Waals surface area contributed by atoms with Crippen LogP contribution < -0.4 is 9.47 Å². The van der Waals surface area contributed by atoms with E-state index in [0.717, 1.165) is 11.1 Å². The third-order valence-electron chi connectivity index (χ3n) is 3.30. The van der Waals surface area contributed by atoms with Crippen LogP contribution >= 0.6 is 27.5 Å². The van der Waals surface area contributed by atoms with Crippen LogP contribution in [-0.2, 0) is 0 Å². The number of benzene rings is 2. The Morgan fingerprint density at radius 2 is 1.71 bits per heavy atom. The second-order valence-corrected chi connectivity index (χ2v) is 5.89. The van der Waals surface area contributed by atoms with E-state index in [2.05, 4.69) is 15.9 Å². The van der Waals surface area contributed by atoms with E-state index in [0.29, 0.717) is 17.1 Å². The summed E-state index contributed by atoms with van der Waals surface area (Å²) >= 11 is 9.40. The summed E-state index contributed by atoms with van der Waals surface area (Å²) in [5.74, 6) is 0.824. The summed E-state index contributed by atoms with van der Waals surface area (Å²) < 4.78 is 24.8. The molecule has 2 nitrogen and oxygen atoms in total. The van der Waals surface area contributed by atoms with Crippen molar-refractivity contribution >= 4 is 27.5 Å². The van der Waals surface area contributed by atoms with Gasteiger partial charge in [-0.05, 0) is 36.2 Å². The van der Waals surface area contributed by atoms with Crippen molar-refractivity contribution in [2.45, 2.75) is 11.8 Å². The molecular weight excluding hydrogens is 359 g/mol. The molecule has 0 aliphatic heterocycles. The molecule has 2 aromatic rings. The van der Waals surface area contributed by atoms with Gasteiger partial charge in [0.25, 0.3) is 0 Å². The van der Waals surface area contributed by atoms with Crippen LogP contribution in [0.4, 0.5) is 4.39 Å². The zero-order valence-corrected chi connectivity index (χ0v) is 14.3. The minimum atomic E-state index is -0.421. The number of hydrogen-bond acceptors (Lipinski definition) is 2. The van der Waals surface area contributed by atoms with Gasteiger partial charge in [-0.25, -0.2) is 4.39 Å². The molecule has 0 heterocycles. The van der Waals surface area contributed by atoms with Crippen molar-refractivity contribution in [3.63, 3.8) is 0 Å². The van der Waals surface area contributed by atoms with E-state index in [1.807, 2.05) is 19.1 Å². The lowest BCUT2D eigenvalue weighted by Gasteiger charge is -2.18. The van der Waals surface area contributed by atoms with E-state index in [4.69, 9.17) is 21.1 Å². The number of hydrogen-bond donors (Lipinski definition) is 0. The molecule has 0 saturated carbocycles. The van der Waals surface area contributed by atoms with Gasteiger partial charge in [0.05, 0.1) is 24.1 Å². The monoisotopic (exact) mass is 372 g/mol. The van der Waals surface area contributed by atoms with E-state index in [9.17, 15) is 4.39 Å². The molecule has 0 radical (unpaired) electrons. The maximum atomic E-state index is 14.2. The molecular formula is C16H15BrClFO2. The summed E-state index contributed by atoms with van der Waals surface area (Å²) in [6.45, 7) is 1.94. The van der Waals surface area contributed by atoms with E-state index < -0.39 is 5.82 Å². The fraction of sp³-hybridized carbons (Fsp3) is 0.250. The highest BCUT2D eigenvalue weighted by Crippen LogP contribution is 2.40. The summed E-state index contributed by atoms with van der Waals surface area (Å²) in [5, 5.41) is 0.107. The predicted octanol–water partition coefficient (Wildman–Crippen LogP) is 5.29. The Morgan fingerprint density at radius 1 is 1.10 bits per heavy atom. The highest BCUT2D eigenvalue weighted by molar-refractivity contribution is 9.09. The second-order valence-electron chi connectivity index (χ2n) is 4.57. The van der Waals surface area contributed by atoms with Crippen molar-refractivity contribution in [1.82, 2.24) is 0 Å². The fourth-order valence-electron chi connectivity index (χ4n) is 2.15. The maximum absolute atomic E-state index is 14.2. The number of rotatable bonds is 4. The minimum Gasteiger partial charge on any atom is -0.493 e. The largest absolute Gasteiger partial charge is 0.493 e. The zero-order chi connectivity index (χ0) is 15.6. The second kappa shape index (κ2) is 6.67. The van der Waals surface area contributed by atoms with Gasteiger partial charge in [0.1, 0.15) is 5.82 Å². The van der Waals surface area contributed by atoms with Gasteiger partial charge in [-0.2, -0.15) is 0 Å². The summed E-state index contributed by atoms with van der Waals surface area (Å²) in [5.41, 5.74) is 2.35. The topological polar surface area (TPSA) is 18.5 Å². The normalized spacial score (nSPS) is 12.1. The average molecular weight is 374 g/mol. The molecule has 0 N–H and O–H groups in total. The first-order valence-electron chi connectivity index (χ1n) is 6.30. The smallest absolute Gasteiger partial charge is 0.161 e. The maximum Gasteiger partial charge on any atom is 0.161 e. The fourth-order valence-corrected chi connectivity index (χ4v) is 3.18. The summed E-state index contributed by atoms with van der Waals surface area (Å²) in [6, 6.07) is 8.67. The zero-order valence-electron chi connectivity index (χ0n) is 11.9. The third-order valence-corrected chi connectivity index (χ3v) is 4.58. The van der Waals surface area contributed by atoms with Crippen LogP contribution in [0.5, 0.6) is 11.5 Å². The lowest BCUT2D eigenvalue weighted by molar-refractivity contribution is 0.354. The number of aryl methyl sites for hydroxylation is 1. The van der Waals surface area contributed by atoms with Crippen molar-refractivity contribution in [2.75, 3.05) is 14.2 Å². The average Bonchev–Trinajstić information content (AvgIpc) is 2.49. The number of halogens is 3.